The molecule has 0 aromatic heterocycles. The van der Waals surface area contributed by atoms with E-state index >= 15 is 0 Å². The molecule has 0 spiro atoms. The topological polar surface area (TPSA) is 46.1 Å². The molecule has 5 heteroatoms. The fraction of sp³-hybridized carbons (Fsp3) is 0.938. The quantitative estimate of drug-likeness (QED) is 0.358. The maximum absolute atomic E-state index is 5.68. The number of guanidine groups is 1. The first-order valence-corrected chi connectivity index (χ1v) is 8.44. The van der Waals surface area contributed by atoms with Crippen molar-refractivity contribution >= 4 is 5.96 Å². The summed E-state index contributed by atoms with van der Waals surface area (Å²) in [6, 6.07) is 0. The number of rotatable bonds is 11. The van der Waals surface area contributed by atoms with E-state index in [1.807, 2.05) is 0 Å². The number of nitrogens with one attached hydrogen (secondary N) is 1. The average Bonchev–Trinajstić information content (AvgIpc) is 3.36. The first kappa shape index (κ1) is 16.6. The molecule has 21 heavy (non-hydrogen) atoms. The van der Waals surface area contributed by atoms with Crippen LogP contribution in [0.2, 0.25) is 0 Å². The minimum absolute atomic E-state index is 0.720. The van der Waals surface area contributed by atoms with Crippen molar-refractivity contribution in [1.82, 2.24) is 10.2 Å². The third-order valence-corrected chi connectivity index (χ3v) is 3.87. The molecule has 2 aliphatic rings. The zero-order chi connectivity index (χ0) is 14.9. The summed E-state index contributed by atoms with van der Waals surface area (Å²) >= 11 is 0. The Balaban J connectivity index is 1.57. The minimum Gasteiger partial charge on any atom is -0.379 e. The van der Waals surface area contributed by atoms with Gasteiger partial charge in [0.2, 0.25) is 0 Å². The highest BCUT2D eigenvalue weighted by molar-refractivity contribution is 5.79. The summed E-state index contributed by atoms with van der Waals surface area (Å²) < 4.78 is 11.3. The van der Waals surface area contributed by atoms with Crippen molar-refractivity contribution in [2.75, 3.05) is 53.1 Å². The molecular formula is C16H31N3O2. The Kier molecular flexibility index (Phi) is 7.30. The van der Waals surface area contributed by atoms with Crippen LogP contribution in [-0.2, 0) is 9.47 Å². The molecule has 0 saturated heterocycles. The van der Waals surface area contributed by atoms with Gasteiger partial charge in [0.1, 0.15) is 0 Å². The third kappa shape index (κ3) is 7.67. The van der Waals surface area contributed by atoms with E-state index in [-0.39, 0.29) is 0 Å². The third-order valence-electron chi connectivity index (χ3n) is 3.87. The lowest BCUT2D eigenvalue weighted by Crippen LogP contribution is -2.40. The normalized spacial score (nSPS) is 18.9. The van der Waals surface area contributed by atoms with Crippen LogP contribution in [0.5, 0.6) is 0 Å². The van der Waals surface area contributed by atoms with Crippen LogP contribution in [0.4, 0.5) is 0 Å². The van der Waals surface area contributed by atoms with E-state index < -0.39 is 0 Å². The second-order valence-corrected chi connectivity index (χ2v) is 6.19. The molecule has 0 aromatic carbocycles. The summed E-state index contributed by atoms with van der Waals surface area (Å²) in [5.41, 5.74) is 0. The molecule has 1 N–H and O–H groups in total. The molecule has 2 rings (SSSR count). The van der Waals surface area contributed by atoms with Gasteiger partial charge in [-0.15, -0.1) is 0 Å². The minimum atomic E-state index is 0.720. The molecule has 122 valence electrons. The van der Waals surface area contributed by atoms with Gasteiger partial charge in [0.25, 0.3) is 0 Å². The first-order valence-electron chi connectivity index (χ1n) is 8.44. The molecule has 2 aliphatic carbocycles. The van der Waals surface area contributed by atoms with Crippen molar-refractivity contribution in [3.8, 4) is 0 Å². The fourth-order valence-electron chi connectivity index (χ4n) is 2.06. The van der Waals surface area contributed by atoms with Gasteiger partial charge in [-0.3, -0.25) is 4.99 Å². The molecule has 0 atom stereocenters. The van der Waals surface area contributed by atoms with Gasteiger partial charge in [-0.1, -0.05) is 0 Å². The lowest BCUT2D eigenvalue weighted by Gasteiger charge is -2.22. The molecule has 0 bridgehead atoms. The van der Waals surface area contributed by atoms with Gasteiger partial charge < -0.3 is 19.7 Å². The Hall–Kier alpha value is -0.810. The second kappa shape index (κ2) is 9.26. The molecule has 2 fully saturated rings. The number of likely N-dealkylation sites (N-methyl/N-ethyl adjacent to an activating group) is 1. The number of aliphatic imine (C=N–C) groups is 1. The summed E-state index contributed by atoms with van der Waals surface area (Å²) in [7, 11) is 2.06. The van der Waals surface area contributed by atoms with Gasteiger partial charge in [0, 0.05) is 33.4 Å². The standard InChI is InChI=1S/C16H31N3O2/c1-3-17-16(18-8-10-20-12-14-4-5-14)19(2)9-11-21-13-15-6-7-15/h14-15H,3-13H2,1-2H3,(H,17,18). The van der Waals surface area contributed by atoms with Gasteiger partial charge in [0.05, 0.1) is 19.8 Å². The zero-order valence-corrected chi connectivity index (χ0v) is 13.6. The van der Waals surface area contributed by atoms with E-state index in [4.69, 9.17) is 9.47 Å². The number of nitrogens with zero attached hydrogens (tertiary/aromatic N) is 2. The molecular weight excluding hydrogens is 266 g/mol. The Morgan fingerprint density at radius 3 is 2.29 bits per heavy atom. The van der Waals surface area contributed by atoms with E-state index in [9.17, 15) is 0 Å². The molecule has 2 saturated carbocycles. The Bertz CT molecular complexity index is 315. The summed E-state index contributed by atoms with van der Waals surface area (Å²) in [5.74, 6) is 2.61. The van der Waals surface area contributed by atoms with E-state index in [0.717, 1.165) is 63.9 Å². The van der Waals surface area contributed by atoms with Crippen LogP contribution in [0, 0.1) is 11.8 Å². The Morgan fingerprint density at radius 2 is 1.71 bits per heavy atom. The summed E-state index contributed by atoms with van der Waals surface area (Å²) in [5, 5.41) is 3.32. The van der Waals surface area contributed by atoms with Gasteiger partial charge in [-0.25, -0.2) is 0 Å². The van der Waals surface area contributed by atoms with Crippen LogP contribution in [-0.4, -0.2) is 64.0 Å². The summed E-state index contributed by atoms with van der Waals surface area (Å²) in [4.78, 5) is 6.74. The molecule has 5 nitrogen and oxygen atoms in total. The monoisotopic (exact) mass is 297 g/mol. The van der Waals surface area contributed by atoms with Crippen LogP contribution in [0.25, 0.3) is 0 Å². The smallest absolute Gasteiger partial charge is 0.193 e. The van der Waals surface area contributed by atoms with Gasteiger partial charge in [0.15, 0.2) is 5.96 Å². The average molecular weight is 297 g/mol. The fourth-order valence-corrected chi connectivity index (χ4v) is 2.06. The van der Waals surface area contributed by atoms with Crippen molar-refractivity contribution in [1.29, 1.82) is 0 Å². The van der Waals surface area contributed by atoms with Crippen molar-refractivity contribution in [3.63, 3.8) is 0 Å². The second-order valence-electron chi connectivity index (χ2n) is 6.19. The molecule has 0 amide bonds. The van der Waals surface area contributed by atoms with Crippen molar-refractivity contribution in [3.05, 3.63) is 0 Å². The highest BCUT2D eigenvalue weighted by atomic mass is 16.5. The van der Waals surface area contributed by atoms with Crippen molar-refractivity contribution < 1.29 is 9.47 Å². The van der Waals surface area contributed by atoms with Crippen LogP contribution in [0.3, 0.4) is 0 Å². The zero-order valence-electron chi connectivity index (χ0n) is 13.6. The predicted molar refractivity (Wildman–Crippen MR) is 85.7 cm³/mol. The lowest BCUT2D eigenvalue weighted by molar-refractivity contribution is 0.114. The first-order chi connectivity index (χ1) is 10.3. The lowest BCUT2D eigenvalue weighted by atomic mass is 10.5. The van der Waals surface area contributed by atoms with Crippen LogP contribution >= 0.6 is 0 Å². The largest absolute Gasteiger partial charge is 0.379 e. The molecule has 0 radical (unpaired) electrons. The summed E-state index contributed by atoms with van der Waals surface area (Å²) in [6.45, 7) is 7.91. The van der Waals surface area contributed by atoms with Gasteiger partial charge >= 0.3 is 0 Å². The Morgan fingerprint density at radius 1 is 1.10 bits per heavy atom. The number of hydrogen-bond donors (Lipinski definition) is 1. The molecule has 0 heterocycles. The van der Waals surface area contributed by atoms with E-state index in [1.54, 1.807) is 0 Å². The predicted octanol–water partition coefficient (Wildman–Crippen LogP) is 1.74. The van der Waals surface area contributed by atoms with E-state index in [0.29, 0.717) is 0 Å². The molecule has 0 unspecified atom stereocenters. The molecule has 0 aromatic rings. The highest BCUT2D eigenvalue weighted by Crippen LogP contribution is 2.29. The highest BCUT2D eigenvalue weighted by Gasteiger charge is 2.21. The Labute approximate surface area is 129 Å². The number of ether oxygens (including phenoxy) is 2. The molecule has 0 aliphatic heterocycles. The van der Waals surface area contributed by atoms with Crippen LogP contribution in [0.1, 0.15) is 32.6 Å². The van der Waals surface area contributed by atoms with Gasteiger partial charge in [-0.2, -0.15) is 0 Å². The maximum atomic E-state index is 5.68. The van der Waals surface area contributed by atoms with Crippen LogP contribution < -0.4 is 5.32 Å². The van der Waals surface area contributed by atoms with E-state index in [2.05, 4.69) is 29.2 Å². The van der Waals surface area contributed by atoms with E-state index in [1.165, 1.54) is 25.7 Å². The number of hydrogen-bond acceptors (Lipinski definition) is 3. The van der Waals surface area contributed by atoms with Crippen molar-refractivity contribution in [2.45, 2.75) is 32.6 Å². The SMILES string of the molecule is CCNC(=NCCOCC1CC1)N(C)CCOCC1CC1. The van der Waals surface area contributed by atoms with Gasteiger partial charge in [-0.05, 0) is 44.4 Å². The van der Waals surface area contributed by atoms with Crippen LogP contribution in [0.15, 0.2) is 4.99 Å². The maximum Gasteiger partial charge on any atom is 0.193 e. The van der Waals surface area contributed by atoms with Crippen molar-refractivity contribution in [2.24, 2.45) is 16.8 Å². The summed E-state index contributed by atoms with van der Waals surface area (Å²) in [6.07, 6.45) is 5.38.